The fourth-order valence-corrected chi connectivity index (χ4v) is 4.82. The van der Waals surface area contributed by atoms with E-state index in [0.29, 0.717) is 5.75 Å². The van der Waals surface area contributed by atoms with Crippen LogP contribution in [0.2, 0.25) is 0 Å². The molecule has 0 aliphatic rings. The molecule has 3 rings (SSSR count). The summed E-state index contributed by atoms with van der Waals surface area (Å²) in [5.41, 5.74) is 3.38. The van der Waals surface area contributed by atoms with E-state index in [9.17, 15) is 13.2 Å². The van der Waals surface area contributed by atoms with Gasteiger partial charge in [-0.1, -0.05) is 42.0 Å². The van der Waals surface area contributed by atoms with Crippen molar-refractivity contribution in [1.29, 1.82) is 0 Å². The molecule has 1 N–H and O–H groups in total. The number of aryl methyl sites for hydroxylation is 2. The zero-order valence-electron chi connectivity index (χ0n) is 19.9. The molecule has 0 bridgehead atoms. The summed E-state index contributed by atoms with van der Waals surface area (Å²) < 4.78 is 39.2. The van der Waals surface area contributed by atoms with Crippen molar-refractivity contribution in [3.8, 4) is 11.5 Å². The standard InChI is InChI=1S/C26H30N2O5S/c1-19-12-14-22(15-13-19)34(30,31)28(23-9-5-6-10-25(23)32-4)18-26(29)27-16-17-33-24-11-7-8-20(2)21(24)3/h5-15H,16-18H2,1-4H3,(H,27,29). The van der Waals surface area contributed by atoms with E-state index in [1.165, 1.54) is 19.2 Å². The number of rotatable bonds is 10. The first-order valence-corrected chi connectivity index (χ1v) is 12.4. The summed E-state index contributed by atoms with van der Waals surface area (Å²) in [5, 5.41) is 2.75. The summed E-state index contributed by atoms with van der Waals surface area (Å²) in [6, 6.07) is 19.0. The van der Waals surface area contributed by atoms with Gasteiger partial charge in [0.2, 0.25) is 5.91 Å². The van der Waals surface area contributed by atoms with E-state index in [-0.39, 0.29) is 23.7 Å². The second-order valence-corrected chi connectivity index (χ2v) is 9.76. The summed E-state index contributed by atoms with van der Waals surface area (Å²) >= 11 is 0. The normalized spacial score (nSPS) is 11.1. The number of benzene rings is 3. The van der Waals surface area contributed by atoms with E-state index in [2.05, 4.69) is 5.32 Å². The van der Waals surface area contributed by atoms with Crippen molar-refractivity contribution in [1.82, 2.24) is 5.32 Å². The van der Waals surface area contributed by atoms with Gasteiger partial charge in [0.15, 0.2) is 0 Å². The maximum Gasteiger partial charge on any atom is 0.264 e. The minimum atomic E-state index is -4.02. The lowest BCUT2D eigenvalue weighted by Crippen LogP contribution is -2.42. The summed E-state index contributed by atoms with van der Waals surface area (Å²) in [6.45, 7) is 5.95. The molecule has 0 fully saturated rings. The molecule has 0 saturated heterocycles. The Morgan fingerprint density at radius 2 is 1.59 bits per heavy atom. The van der Waals surface area contributed by atoms with Gasteiger partial charge in [-0.15, -0.1) is 0 Å². The van der Waals surface area contributed by atoms with Crippen molar-refractivity contribution >= 4 is 21.6 Å². The minimum absolute atomic E-state index is 0.0927. The van der Waals surface area contributed by atoms with Crippen molar-refractivity contribution < 1.29 is 22.7 Å². The van der Waals surface area contributed by atoms with Gasteiger partial charge in [0.05, 0.1) is 24.2 Å². The number of sulfonamides is 1. The van der Waals surface area contributed by atoms with E-state index in [1.54, 1.807) is 36.4 Å². The van der Waals surface area contributed by atoms with Crippen LogP contribution in [0, 0.1) is 20.8 Å². The molecule has 0 aromatic heterocycles. The SMILES string of the molecule is COc1ccccc1N(CC(=O)NCCOc1cccc(C)c1C)S(=O)(=O)c1ccc(C)cc1. The van der Waals surface area contributed by atoms with E-state index in [0.717, 1.165) is 26.7 Å². The molecule has 34 heavy (non-hydrogen) atoms. The maximum absolute atomic E-state index is 13.5. The fourth-order valence-electron chi connectivity index (χ4n) is 3.39. The highest BCUT2D eigenvalue weighted by atomic mass is 32.2. The van der Waals surface area contributed by atoms with E-state index < -0.39 is 22.5 Å². The Morgan fingerprint density at radius 1 is 0.912 bits per heavy atom. The van der Waals surface area contributed by atoms with Gasteiger partial charge in [0, 0.05) is 0 Å². The number of nitrogens with zero attached hydrogens (tertiary/aromatic N) is 1. The number of nitrogens with one attached hydrogen (secondary N) is 1. The van der Waals surface area contributed by atoms with Crippen molar-refractivity contribution in [2.24, 2.45) is 0 Å². The lowest BCUT2D eigenvalue weighted by molar-refractivity contribution is -0.119. The molecular formula is C26H30N2O5S. The van der Waals surface area contributed by atoms with Gasteiger partial charge in [-0.3, -0.25) is 9.10 Å². The zero-order valence-corrected chi connectivity index (χ0v) is 20.7. The second-order valence-electron chi connectivity index (χ2n) is 7.89. The van der Waals surface area contributed by atoms with Crippen LogP contribution in [0.15, 0.2) is 71.6 Å². The van der Waals surface area contributed by atoms with E-state index in [4.69, 9.17) is 9.47 Å². The Balaban J connectivity index is 1.75. The van der Waals surface area contributed by atoms with Gasteiger partial charge in [0.25, 0.3) is 10.0 Å². The Bertz CT molecular complexity index is 1240. The third kappa shape index (κ3) is 5.88. The number of para-hydroxylation sites is 2. The fraction of sp³-hybridized carbons (Fsp3) is 0.269. The van der Waals surface area contributed by atoms with Gasteiger partial charge in [-0.25, -0.2) is 8.42 Å². The number of carbonyl (C=O) groups is 1. The largest absolute Gasteiger partial charge is 0.495 e. The highest BCUT2D eigenvalue weighted by Crippen LogP contribution is 2.32. The number of anilines is 1. The number of amides is 1. The molecule has 0 atom stereocenters. The average molecular weight is 483 g/mol. The molecule has 0 spiro atoms. The first kappa shape index (κ1) is 25.1. The monoisotopic (exact) mass is 482 g/mol. The molecule has 1 amide bonds. The molecule has 0 heterocycles. The predicted octanol–water partition coefficient (Wildman–Crippen LogP) is 4.01. The Hall–Kier alpha value is -3.52. The maximum atomic E-state index is 13.5. The summed E-state index contributed by atoms with van der Waals surface area (Å²) in [4.78, 5) is 12.9. The van der Waals surface area contributed by atoms with Crippen molar-refractivity contribution in [3.63, 3.8) is 0 Å². The number of ether oxygens (including phenoxy) is 2. The van der Waals surface area contributed by atoms with Crippen molar-refractivity contribution in [3.05, 3.63) is 83.4 Å². The van der Waals surface area contributed by atoms with Crippen LogP contribution >= 0.6 is 0 Å². The Labute approximate surface area is 201 Å². The third-order valence-electron chi connectivity index (χ3n) is 5.49. The predicted molar refractivity (Wildman–Crippen MR) is 133 cm³/mol. The van der Waals surface area contributed by atoms with E-state index >= 15 is 0 Å². The van der Waals surface area contributed by atoms with Gasteiger partial charge in [0.1, 0.15) is 24.7 Å². The van der Waals surface area contributed by atoms with Crippen LogP contribution in [-0.4, -0.2) is 41.1 Å². The molecule has 7 nitrogen and oxygen atoms in total. The van der Waals surface area contributed by atoms with Gasteiger partial charge < -0.3 is 14.8 Å². The molecule has 0 aliphatic carbocycles. The Morgan fingerprint density at radius 3 is 2.29 bits per heavy atom. The zero-order chi connectivity index (χ0) is 24.7. The molecule has 3 aromatic carbocycles. The highest BCUT2D eigenvalue weighted by molar-refractivity contribution is 7.92. The topological polar surface area (TPSA) is 84.9 Å². The smallest absolute Gasteiger partial charge is 0.264 e. The van der Waals surface area contributed by atoms with Gasteiger partial charge in [-0.05, 0) is 62.2 Å². The van der Waals surface area contributed by atoms with Crippen LogP contribution in [0.5, 0.6) is 11.5 Å². The summed E-state index contributed by atoms with van der Waals surface area (Å²) in [6.07, 6.45) is 0. The molecular weight excluding hydrogens is 452 g/mol. The second kappa shape index (κ2) is 11.1. The molecule has 0 radical (unpaired) electrons. The third-order valence-corrected chi connectivity index (χ3v) is 7.26. The quantitative estimate of drug-likeness (QED) is 0.442. The molecule has 3 aromatic rings. The lowest BCUT2D eigenvalue weighted by atomic mass is 10.1. The highest BCUT2D eigenvalue weighted by Gasteiger charge is 2.29. The molecule has 0 saturated carbocycles. The summed E-state index contributed by atoms with van der Waals surface area (Å²) in [7, 11) is -2.56. The van der Waals surface area contributed by atoms with Crippen LogP contribution < -0.4 is 19.1 Å². The van der Waals surface area contributed by atoms with Crippen LogP contribution in [0.1, 0.15) is 16.7 Å². The molecule has 180 valence electrons. The van der Waals surface area contributed by atoms with Crippen molar-refractivity contribution in [2.45, 2.75) is 25.7 Å². The van der Waals surface area contributed by atoms with Crippen molar-refractivity contribution in [2.75, 3.05) is 31.1 Å². The first-order valence-electron chi connectivity index (χ1n) is 10.9. The van der Waals surface area contributed by atoms with E-state index in [1.807, 2.05) is 39.0 Å². The number of methoxy groups -OCH3 is 1. The molecule has 8 heteroatoms. The summed E-state index contributed by atoms with van der Waals surface area (Å²) in [5.74, 6) is 0.655. The van der Waals surface area contributed by atoms with Crippen LogP contribution in [0.25, 0.3) is 0 Å². The van der Waals surface area contributed by atoms with Gasteiger partial charge >= 0.3 is 0 Å². The number of carbonyl (C=O) groups excluding carboxylic acids is 1. The van der Waals surface area contributed by atoms with Crippen LogP contribution in [-0.2, 0) is 14.8 Å². The van der Waals surface area contributed by atoms with Crippen LogP contribution in [0.4, 0.5) is 5.69 Å². The van der Waals surface area contributed by atoms with Crippen LogP contribution in [0.3, 0.4) is 0 Å². The first-order chi connectivity index (χ1) is 16.2. The number of hydrogen-bond donors (Lipinski definition) is 1. The Kier molecular flexibility index (Phi) is 8.17. The van der Waals surface area contributed by atoms with Gasteiger partial charge in [-0.2, -0.15) is 0 Å². The number of hydrogen-bond acceptors (Lipinski definition) is 5. The molecule has 0 aliphatic heterocycles. The average Bonchev–Trinajstić information content (AvgIpc) is 2.83. The molecule has 0 unspecified atom stereocenters. The minimum Gasteiger partial charge on any atom is -0.495 e. The lowest BCUT2D eigenvalue weighted by Gasteiger charge is -2.25.